The summed E-state index contributed by atoms with van der Waals surface area (Å²) in [6.07, 6.45) is 1.50. The summed E-state index contributed by atoms with van der Waals surface area (Å²) in [7, 11) is 0. The Kier molecular flexibility index (Phi) is 4.60. The Morgan fingerprint density at radius 3 is 2.86 bits per heavy atom. The van der Waals surface area contributed by atoms with Gasteiger partial charge in [-0.3, -0.25) is 14.2 Å². The average Bonchev–Trinajstić information content (AvgIpc) is 2.68. The molecule has 2 heterocycles. The summed E-state index contributed by atoms with van der Waals surface area (Å²) >= 11 is 0. The fourth-order valence-electron chi connectivity index (χ4n) is 3.80. The number of nitrogens with zero attached hydrogens (tertiary/aromatic N) is 3. The molecular formula is C21H23N5O2. The number of amides is 1. The number of aromatic nitrogens is 2. The number of fused-ring (bicyclic) bond motifs is 1. The van der Waals surface area contributed by atoms with E-state index in [1.165, 1.54) is 10.9 Å². The van der Waals surface area contributed by atoms with E-state index in [0.29, 0.717) is 33.8 Å². The summed E-state index contributed by atoms with van der Waals surface area (Å²) in [5, 5.41) is 3.97. The molecule has 0 aliphatic carbocycles. The average molecular weight is 377 g/mol. The van der Waals surface area contributed by atoms with Gasteiger partial charge in [-0.15, -0.1) is 0 Å². The van der Waals surface area contributed by atoms with E-state index in [1.807, 2.05) is 18.2 Å². The molecule has 0 radical (unpaired) electrons. The topological polar surface area (TPSA) is 93.2 Å². The first-order chi connectivity index (χ1) is 13.5. The molecule has 28 heavy (non-hydrogen) atoms. The molecule has 0 spiro atoms. The number of rotatable bonds is 3. The van der Waals surface area contributed by atoms with Crippen molar-refractivity contribution in [3.8, 4) is 5.69 Å². The third-order valence-corrected chi connectivity index (χ3v) is 5.31. The molecule has 0 saturated carbocycles. The number of primary amides is 1. The number of piperazine rings is 1. The van der Waals surface area contributed by atoms with Gasteiger partial charge < -0.3 is 16.0 Å². The van der Waals surface area contributed by atoms with Crippen molar-refractivity contribution in [3.63, 3.8) is 0 Å². The van der Waals surface area contributed by atoms with Crippen LogP contribution in [0.5, 0.6) is 0 Å². The van der Waals surface area contributed by atoms with Crippen LogP contribution < -0.4 is 21.5 Å². The van der Waals surface area contributed by atoms with Crippen molar-refractivity contribution in [2.24, 2.45) is 5.73 Å². The normalized spacial score (nSPS) is 17.1. The first-order valence-corrected chi connectivity index (χ1v) is 9.35. The lowest BCUT2D eigenvalue weighted by atomic mass is 10.1. The summed E-state index contributed by atoms with van der Waals surface area (Å²) in [4.78, 5) is 31.6. The smallest absolute Gasteiger partial charge is 0.265 e. The number of carbonyl (C=O) groups excluding carboxylic acids is 1. The molecule has 1 aliphatic heterocycles. The zero-order valence-electron chi connectivity index (χ0n) is 16.0. The van der Waals surface area contributed by atoms with Gasteiger partial charge in [-0.2, -0.15) is 0 Å². The first-order valence-electron chi connectivity index (χ1n) is 9.35. The molecular weight excluding hydrogens is 354 g/mol. The van der Waals surface area contributed by atoms with Crippen molar-refractivity contribution in [3.05, 3.63) is 64.2 Å². The number of nitrogens with one attached hydrogen (secondary N) is 1. The van der Waals surface area contributed by atoms with Gasteiger partial charge in [-0.25, -0.2) is 4.98 Å². The number of nitrogens with two attached hydrogens (primary N) is 1. The van der Waals surface area contributed by atoms with Crippen LogP contribution in [0.25, 0.3) is 16.6 Å². The van der Waals surface area contributed by atoms with Crippen LogP contribution in [0.4, 0.5) is 5.69 Å². The Morgan fingerprint density at radius 1 is 1.29 bits per heavy atom. The molecule has 0 bridgehead atoms. The van der Waals surface area contributed by atoms with Crippen LogP contribution >= 0.6 is 0 Å². The SMILES string of the molecule is Cc1c(C(N)=O)cccc1-n1cnc2ccc(N3CCN[C@H](C)C3)cc2c1=O. The molecule has 1 aromatic heterocycles. The number of anilines is 1. The lowest BCUT2D eigenvalue weighted by molar-refractivity contribution is 0.0999. The molecule has 1 fully saturated rings. The fraction of sp³-hybridized carbons (Fsp3) is 0.286. The Labute approximate surface area is 162 Å². The highest BCUT2D eigenvalue weighted by Gasteiger charge is 2.18. The van der Waals surface area contributed by atoms with Crippen LogP contribution in [0.15, 0.2) is 47.5 Å². The van der Waals surface area contributed by atoms with Crippen molar-refractivity contribution in [2.75, 3.05) is 24.5 Å². The van der Waals surface area contributed by atoms with Crippen LogP contribution in [0.2, 0.25) is 0 Å². The van der Waals surface area contributed by atoms with Gasteiger partial charge in [-0.05, 0) is 49.7 Å². The zero-order valence-corrected chi connectivity index (χ0v) is 16.0. The van der Waals surface area contributed by atoms with Gasteiger partial charge in [0.1, 0.15) is 6.33 Å². The van der Waals surface area contributed by atoms with Crippen LogP contribution in [0.3, 0.4) is 0 Å². The third kappa shape index (κ3) is 3.14. The maximum atomic E-state index is 13.2. The van der Waals surface area contributed by atoms with Gasteiger partial charge in [0.25, 0.3) is 5.56 Å². The molecule has 7 nitrogen and oxygen atoms in total. The Bertz CT molecular complexity index is 1120. The standard InChI is InChI=1S/C21H23N5O2/c1-13-11-25(9-8-23-13)15-6-7-18-17(10-15)21(28)26(12-24-18)19-5-3-4-16(14(19)2)20(22)27/h3-7,10,12-13,23H,8-9,11H2,1-2H3,(H2,22,27)/t13-/m1/s1. The first kappa shape index (κ1) is 18.2. The predicted octanol–water partition coefficient (Wildman–Crippen LogP) is 1.59. The van der Waals surface area contributed by atoms with E-state index in [9.17, 15) is 9.59 Å². The molecule has 144 valence electrons. The van der Waals surface area contributed by atoms with E-state index in [0.717, 1.165) is 25.3 Å². The van der Waals surface area contributed by atoms with Crippen LogP contribution in [0.1, 0.15) is 22.8 Å². The molecule has 4 rings (SSSR count). The molecule has 1 atom stereocenters. The Morgan fingerprint density at radius 2 is 2.11 bits per heavy atom. The molecule has 2 aromatic carbocycles. The fourth-order valence-corrected chi connectivity index (χ4v) is 3.80. The van der Waals surface area contributed by atoms with Crippen LogP contribution in [-0.4, -0.2) is 41.1 Å². The van der Waals surface area contributed by atoms with Gasteiger partial charge in [0, 0.05) is 36.9 Å². The van der Waals surface area contributed by atoms with Crippen molar-refractivity contribution < 1.29 is 4.79 Å². The number of hydrogen-bond acceptors (Lipinski definition) is 5. The van der Waals surface area contributed by atoms with Crippen molar-refractivity contribution in [1.82, 2.24) is 14.9 Å². The molecule has 3 N–H and O–H groups in total. The maximum Gasteiger partial charge on any atom is 0.265 e. The maximum absolute atomic E-state index is 13.2. The number of benzene rings is 2. The highest BCUT2D eigenvalue weighted by molar-refractivity contribution is 5.95. The van der Waals surface area contributed by atoms with Gasteiger partial charge in [0.2, 0.25) is 5.91 Å². The number of hydrogen-bond donors (Lipinski definition) is 2. The monoisotopic (exact) mass is 377 g/mol. The third-order valence-electron chi connectivity index (χ3n) is 5.31. The second kappa shape index (κ2) is 7.09. The minimum Gasteiger partial charge on any atom is -0.369 e. The largest absolute Gasteiger partial charge is 0.369 e. The summed E-state index contributed by atoms with van der Waals surface area (Å²) in [5.41, 5.74) is 8.61. The van der Waals surface area contributed by atoms with E-state index in [4.69, 9.17) is 5.73 Å². The van der Waals surface area contributed by atoms with Gasteiger partial charge in [-0.1, -0.05) is 6.07 Å². The van der Waals surface area contributed by atoms with Gasteiger partial charge in [0.15, 0.2) is 0 Å². The minimum absolute atomic E-state index is 0.167. The minimum atomic E-state index is -0.517. The highest BCUT2D eigenvalue weighted by Crippen LogP contribution is 2.22. The molecule has 7 heteroatoms. The highest BCUT2D eigenvalue weighted by atomic mass is 16.1. The Hall–Kier alpha value is -3.19. The lowest BCUT2D eigenvalue weighted by Gasteiger charge is -2.33. The van der Waals surface area contributed by atoms with Crippen molar-refractivity contribution in [2.45, 2.75) is 19.9 Å². The number of carbonyl (C=O) groups is 1. The summed E-state index contributed by atoms with van der Waals surface area (Å²) < 4.78 is 1.48. The zero-order chi connectivity index (χ0) is 19.8. The van der Waals surface area contributed by atoms with E-state index < -0.39 is 5.91 Å². The second-order valence-electron chi connectivity index (χ2n) is 7.24. The molecule has 1 saturated heterocycles. The van der Waals surface area contributed by atoms with E-state index in [1.54, 1.807) is 25.1 Å². The Balaban J connectivity index is 1.84. The van der Waals surface area contributed by atoms with E-state index in [2.05, 4.69) is 22.1 Å². The van der Waals surface area contributed by atoms with E-state index >= 15 is 0 Å². The molecule has 1 amide bonds. The second-order valence-corrected chi connectivity index (χ2v) is 7.24. The summed E-state index contributed by atoms with van der Waals surface area (Å²) in [6, 6.07) is 11.4. The van der Waals surface area contributed by atoms with Crippen LogP contribution in [-0.2, 0) is 0 Å². The molecule has 1 aliphatic rings. The molecule has 0 unspecified atom stereocenters. The predicted molar refractivity (Wildman–Crippen MR) is 110 cm³/mol. The van der Waals surface area contributed by atoms with Gasteiger partial charge in [0.05, 0.1) is 16.6 Å². The van der Waals surface area contributed by atoms with Crippen molar-refractivity contribution >= 4 is 22.5 Å². The molecule has 3 aromatic rings. The van der Waals surface area contributed by atoms with Gasteiger partial charge >= 0.3 is 0 Å². The summed E-state index contributed by atoms with van der Waals surface area (Å²) in [6.45, 7) is 6.63. The van der Waals surface area contributed by atoms with Crippen LogP contribution in [0, 0.1) is 6.92 Å². The van der Waals surface area contributed by atoms with Crippen molar-refractivity contribution in [1.29, 1.82) is 0 Å². The summed E-state index contributed by atoms with van der Waals surface area (Å²) in [5.74, 6) is -0.517. The lowest BCUT2D eigenvalue weighted by Crippen LogP contribution is -2.49. The quantitative estimate of drug-likeness (QED) is 0.723. The van der Waals surface area contributed by atoms with E-state index in [-0.39, 0.29) is 5.56 Å².